The van der Waals surface area contributed by atoms with Crippen LogP contribution in [-0.4, -0.2) is 69.4 Å². The molecule has 2 aliphatic heterocycles. The van der Waals surface area contributed by atoms with Crippen molar-refractivity contribution in [3.05, 3.63) is 53.1 Å². The highest BCUT2D eigenvalue weighted by Gasteiger charge is 2.42. The third-order valence-electron chi connectivity index (χ3n) is 6.42. The quantitative estimate of drug-likeness (QED) is 0.614. The van der Waals surface area contributed by atoms with Crippen LogP contribution in [0.2, 0.25) is 0 Å². The van der Waals surface area contributed by atoms with Crippen LogP contribution in [0, 0.1) is 0 Å². The number of anilines is 1. The van der Waals surface area contributed by atoms with Gasteiger partial charge in [-0.1, -0.05) is 6.07 Å². The molecule has 0 amide bonds. The van der Waals surface area contributed by atoms with Gasteiger partial charge in [0.15, 0.2) is 0 Å². The number of alkyl halides is 1. The maximum atomic E-state index is 15.0. The number of piperidine rings is 1. The topological polar surface area (TPSA) is 105 Å². The van der Waals surface area contributed by atoms with Gasteiger partial charge in [-0.2, -0.15) is 0 Å². The van der Waals surface area contributed by atoms with E-state index in [1.54, 1.807) is 49.5 Å². The number of morpholine rings is 1. The minimum atomic E-state index is -1.11. The van der Waals surface area contributed by atoms with Crippen molar-refractivity contribution in [3.8, 4) is 28.1 Å². The van der Waals surface area contributed by atoms with E-state index in [2.05, 4.69) is 20.5 Å². The maximum absolute atomic E-state index is 15.0. The van der Waals surface area contributed by atoms with Crippen molar-refractivity contribution in [1.82, 2.24) is 25.1 Å². The Morgan fingerprint density at radius 1 is 1.21 bits per heavy atom. The lowest BCUT2D eigenvalue weighted by Crippen LogP contribution is -2.65. The molecule has 10 heteroatoms. The summed E-state index contributed by atoms with van der Waals surface area (Å²) in [6, 6.07) is 7.81. The normalized spacial score (nSPS) is 24.5. The smallest absolute Gasteiger partial charge is 0.250 e. The summed E-state index contributed by atoms with van der Waals surface area (Å²) in [6.07, 6.45) is 2.67. The number of fused-ring (bicyclic) bond motifs is 2. The number of halogens is 1. The van der Waals surface area contributed by atoms with E-state index < -0.39 is 6.17 Å². The van der Waals surface area contributed by atoms with E-state index >= 15 is 0 Å². The first-order chi connectivity index (χ1) is 15.9. The summed E-state index contributed by atoms with van der Waals surface area (Å²) in [6.45, 7) is 0.922. The van der Waals surface area contributed by atoms with Crippen molar-refractivity contribution in [1.29, 1.82) is 0 Å². The number of rotatable bonds is 4. The molecule has 2 fully saturated rings. The molecule has 0 saturated carbocycles. The van der Waals surface area contributed by atoms with E-state index in [0.29, 0.717) is 48.0 Å². The van der Waals surface area contributed by atoms with Crippen molar-refractivity contribution in [3.63, 3.8) is 0 Å². The minimum absolute atomic E-state index is 0.000356. The molecule has 2 saturated heterocycles. The van der Waals surface area contributed by atoms with Crippen molar-refractivity contribution in [2.24, 2.45) is 7.05 Å². The van der Waals surface area contributed by atoms with E-state index in [-0.39, 0.29) is 29.4 Å². The van der Waals surface area contributed by atoms with Crippen LogP contribution >= 0.6 is 0 Å². The number of aromatic hydroxyl groups is 1. The monoisotopic (exact) mass is 452 g/mol. The summed E-state index contributed by atoms with van der Waals surface area (Å²) < 4.78 is 21.9. The standard InChI is InChI=1S/C23H25FN6O3/c1-29-6-5-14(8-21(29)32)13-3-4-16(20(31)7-13)17-10-25-23(28-27-17)30(2)19-9-15-11-33-12-18(26-15)22(19)24/h3-8,10,15,18-19,22,26,31H,9,11-12H2,1-2H3/t15-,18-,19+,22-/m1/s1. The Bertz CT molecular complexity index is 1220. The third-order valence-corrected chi connectivity index (χ3v) is 6.42. The van der Waals surface area contributed by atoms with Gasteiger partial charge in [0, 0.05) is 38.0 Å². The zero-order valence-corrected chi connectivity index (χ0v) is 18.3. The van der Waals surface area contributed by atoms with Crippen molar-refractivity contribution >= 4 is 5.95 Å². The fourth-order valence-corrected chi connectivity index (χ4v) is 4.48. The summed E-state index contributed by atoms with van der Waals surface area (Å²) in [5, 5.41) is 22.3. The fraction of sp³-hybridized carbons (Fsp3) is 0.391. The molecule has 4 atom stereocenters. The molecule has 5 rings (SSSR count). The Balaban J connectivity index is 1.36. The lowest BCUT2D eigenvalue weighted by atomic mass is 9.90. The van der Waals surface area contributed by atoms with Crippen LogP contribution in [0.25, 0.3) is 22.4 Å². The highest BCUT2D eigenvalue weighted by Crippen LogP contribution is 2.32. The van der Waals surface area contributed by atoms with Crippen LogP contribution in [0.4, 0.5) is 10.3 Å². The molecule has 172 valence electrons. The Labute approximate surface area is 189 Å². The zero-order chi connectivity index (χ0) is 23.1. The number of phenols is 1. The first-order valence-corrected chi connectivity index (χ1v) is 10.8. The Morgan fingerprint density at radius 3 is 2.76 bits per heavy atom. The van der Waals surface area contributed by atoms with Gasteiger partial charge < -0.3 is 24.6 Å². The number of hydrogen-bond acceptors (Lipinski definition) is 8. The molecular formula is C23H25FN6O3. The predicted molar refractivity (Wildman–Crippen MR) is 121 cm³/mol. The molecule has 3 aromatic rings. The number of aryl methyl sites for hydroxylation is 1. The van der Waals surface area contributed by atoms with Gasteiger partial charge in [0.2, 0.25) is 5.95 Å². The number of nitrogens with one attached hydrogen (secondary N) is 1. The molecule has 2 bridgehead atoms. The molecule has 33 heavy (non-hydrogen) atoms. The second-order valence-electron chi connectivity index (χ2n) is 8.61. The van der Waals surface area contributed by atoms with Gasteiger partial charge in [0.05, 0.1) is 31.5 Å². The van der Waals surface area contributed by atoms with Gasteiger partial charge in [-0.05, 0) is 35.7 Å². The average molecular weight is 452 g/mol. The predicted octanol–water partition coefficient (Wildman–Crippen LogP) is 1.51. The van der Waals surface area contributed by atoms with Gasteiger partial charge in [-0.3, -0.25) is 4.79 Å². The highest BCUT2D eigenvalue weighted by atomic mass is 19.1. The van der Waals surface area contributed by atoms with Crippen LogP contribution in [0.1, 0.15) is 6.42 Å². The van der Waals surface area contributed by atoms with Crippen LogP contribution in [0.5, 0.6) is 5.75 Å². The second-order valence-corrected chi connectivity index (χ2v) is 8.61. The molecule has 0 aliphatic carbocycles. The summed E-state index contributed by atoms with van der Waals surface area (Å²) in [5.74, 6) is 0.323. The Morgan fingerprint density at radius 2 is 2.03 bits per heavy atom. The molecule has 2 aliphatic rings. The fourth-order valence-electron chi connectivity index (χ4n) is 4.48. The Kier molecular flexibility index (Phi) is 5.55. The number of ether oxygens (including phenoxy) is 1. The molecule has 1 aromatic carbocycles. The molecule has 0 unspecified atom stereocenters. The van der Waals surface area contributed by atoms with Gasteiger partial charge in [0.1, 0.15) is 17.6 Å². The summed E-state index contributed by atoms with van der Waals surface area (Å²) in [7, 11) is 3.45. The molecule has 2 N–H and O–H groups in total. The Hall–Kier alpha value is -3.37. The van der Waals surface area contributed by atoms with Crippen LogP contribution in [0.3, 0.4) is 0 Å². The van der Waals surface area contributed by atoms with E-state index in [0.717, 1.165) is 0 Å². The molecular weight excluding hydrogens is 427 g/mol. The van der Waals surface area contributed by atoms with Gasteiger partial charge in [-0.15, -0.1) is 10.2 Å². The summed E-state index contributed by atoms with van der Waals surface area (Å²) >= 11 is 0. The molecule has 4 heterocycles. The van der Waals surface area contributed by atoms with E-state index in [9.17, 15) is 14.3 Å². The highest BCUT2D eigenvalue weighted by molar-refractivity contribution is 5.73. The third kappa shape index (κ3) is 4.07. The summed E-state index contributed by atoms with van der Waals surface area (Å²) in [5.41, 5.74) is 2.15. The van der Waals surface area contributed by atoms with Crippen LogP contribution in [0.15, 0.2) is 47.5 Å². The second kappa shape index (κ2) is 8.53. The largest absolute Gasteiger partial charge is 0.507 e. The first kappa shape index (κ1) is 21.5. The van der Waals surface area contributed by atoms with Crippen molar-refractivity contribution in [2.75, 3.05) is 25.2 Å². The number of pyridine rings is 1. The van der Waals surface area contributed by atoms with E-state index in [1.165, 1.54) is 16.8 Å². The number of nitrogens with zero attached hydrogens (tertiary/aromatic N) is 5. The van der Waals surface area contributed by atoms with Crippen molar-refractivity contribution < 1.29 is 14.2 Å². The lowest BCUT2D eigenvalue weighted by Gasteiger charge is -2.45. The van der Waals surface area contributed by atoms with Gasteiger partial charge in [-0.25, -0.2) is 9.37 Å². The number of phenolic OH excluding ortho intramolecular Hbond substituents is 1. The van der Waals surface area contributed by atoms with Crippen molar-refractivity contribution in [2.45, 2.75) is 30.7 Å². The molecule has 9 nitrogen and oxygen atoms in total. The number of aromatic nitrogens is 4. The zero-order valence-electron chi connectivity index (χ0n) is 18.3. The molecule has 0 radical (unpaired) electrons. The number of benzene rings is 1. The van der Waals surface area contributed by atoms with E-state index in [4.69, 9.17) is 4.74 Å². The van der Waals surface area contributed by atoms with E-state index in [1.807, 2.05) is 0 Å². The first-order valence-electron chi connectivity index (χ1n) is 10.8. The van der Waals surface area contributed by atoms with Crippen LogP contribution < -0.4 is 15.8 Å². The average Bonchev–Trinajstić information content (AvgIpc) is 2.83. The SMILES string of the molecule is CN(c1ncc(-c2ccc(-c3ccn(C)c(=O)c3)cc2O)nn1)[C@H]1C[C@@H]2COC[C@@H](N2)[C@H]1F. The number of hydrogen-bond donors (Lipinski definition) is 2. The molecule has 0 spiro atoms. The lowest BCUT2D eigenvalue weighted by molar-refractivity contribution is -0.0176. The maximum Gasteiger partial charge on any atom is 0.250 e. The minimum Gasteiger partial charge on any atom is -0.507 e. The van der Waals surface area contributed by atoms with Crippen LogP contribution in [-0.2, 0) is 11.8 Å². The van der Waals surface area contributed by atoms with Gasteiger partial charge in [0.25, 0.3) is 5.56 Å². The summed E-state index contributed by atoms with van der Waals surface area (Å²) in [4.78, 5) is 18.0. The molecule has 2 aromatic heterocycles. The van der Waals surface area contributed by atoms with Gasteiger partial charge >= 0.3 is 0 Å².